The predicted octanol–water partition coefficient (Wildman–Crippen LogP) is 1.94. The van der Waals surface area contributed by atoms with Crippen molar-refractivity contribution in [1.29, 1.82) is 0 Å². The van der Waals surface area contributed by atoms with Crippen molar-refractivity contribution in [3.05, 3.63) is 35.4 Å². The van der Waals surface area contributed by atoms with E-state index in [2.05, 4.69) is 44.8 Å². The maximum absolute atomic E-state index is 12.5. The van der Waals surface area contributed by atoms with Gasteiger partial charge in [-0.1, -0.05) is 24.3 Å². The number of benzene rings is 1. The maximum atomic E-state index is 12.5. The standard InChI is InChI=1S/C21H32F3N5O/c1-25-20(27-18-6-9-29(14-18)15-21(22,23)24)26-12-16-2-4-17(5-3-16)13-28-10-7-19(30)8-11-28/h2-5,18-19,30H,6-15H2,1H3,(H2,25,26,27). The van der Waals surface area contributed by atoms with Crippen molar-refractivity contribution in [2.45, 2.75) is 50.7 Å². The fourth-order valence-electron chi connectivity index (χ4n) is 4.02. The van der Waals surface area contributed by atoms with E-state index in [0.29, 0.717) is 32.0 Å². The third kappa shape index (κ3) is 7.45. The van der Waals surface area contributed by atoms with Crippen molar-refractivity contribution < 1.29 is 18.3 Å². The van der Waals surface area contributed by atoms with Crippen LogP contribution in [0.3, 0.4) is 0 Å². The van der Waals surface area contributed by atoms with Gasteiger partial charge in [0, 0.05) is 52.4 Å². The number of piperidine rings is 1. The summed E-state index contributed by atoms with van der Waals surface area (Å²) in [4.78, 5) is 7.97. The number of aliphatic imine (C=N–C) groups is 1. The second kappa shape index (κ2) is 10.5. The number of alkyl halides is 3. The molecule has 0 spiro atoms. The van der Waals surface area contributed by atoms with Crippen molar-refractivity contribution in [3.8, 4) is 0 Å². The van der Waals surface area contributed by atoms with Gasteiger partial charge in [-0.25, -0.2) is 0 Å². The van der Waals surface area contributed by atoms with Crippen molar-refractivity contribution in [3.63, 3.8) is 0 Å². The van der Waals surface area contributed by atoms with E-state index in [1.54, 1.807) is 7.05 Å². The molecule has 3 rings (SSSR count). The summed E-state index contributed by atoms with van der Waals surface area (Å²) in [5.74, 6) is 0.602. The Kier molecular flexibility index (Phi) is 7.96. The first-order valence-corrected chi connectivity index (χ1v) is 10.6. The van der Waals surface area contributed by atoms with Gasteiger partial charge in [0.2, 0.25) is 0 Å². The molecule has 6 nitrogen and oxygen atoms in total. The van der Waals surface area contributed by atoms with Crippen LogP contribution in [0.1, 0.15) is 30.4 Å². The van der Waals surface area contributed by atoms with Gasteiger partial charge in [0.1, 0.15) is 0 Å². The highest BCUT2D eigenvalue weighted by atomic mass is 19.4. The van der Waals surface area contributed by atoms with Crippen molar-refractivity contribution in [1.82, 2.24) is 20.4 Å². The van der Waals surface area contributed by atoms with Crippen LogP contribution in [0.4, 0.5) is 13.2 Å². The summed E-state index contributed by atoms with van der Waals surface area (Å²) >= 11 is 0. The molecule has 9 heteroatoms. The van der Waals surface area contributed by atoms with Gasteiger partial charge in [-0.05, 0) is 30.4 Å². The summed E-state index contributed by atoms with van der Waals surface area (Å²) in [5.41, 5.74) is 2.36. The molecular weight excluding hydrogens is 395 g/mol. The fourth-order valence-corrected chi connectivity index (χ4v) is 4.02. The Labute approximate surface area is 176 Å². The van der Waals surface area contributed by atoms with Crippen LogP contribution in [0, 0.1) is 0 Å². The largest absolute Gasteiger partial charge is 0.401 e. The first-order chi connectivity index (χ1) is 14.3. The minimum Gasteiger partial charge on any atom is -0.393 e. The lowest BCUT2D eigenvalue weighted by molar-refractivity contribution is -0.143. The van der Waals surface area contributed by atoms with Gasteiger partial charge >= 0.3 is 6.18 Å². The predicted molar refractivity (Wildman–Crippen MR) is 111 cm³/mol. The van der Waals surface area contributed by atoms with Crippen LogP contribution in [0.5, 0.6) is 0 Å². The number of rotatable bonds is 6. The number of guanidine groups is 1. The summed E-state index contributed by atoms with van der Waals surface area (Å²) in [6, 6.07) is 8.35. The third-order valence-electron chi connectivity index (χ3n) is 5.69. The highest BCUT2D eigenvalue weighted by molar-refractivity contribution is 5.80. The molecule has 0 aliphatic carbocycles. The Hall–Kier alpha value is -1.84. The average Bonchev–Trinajstić information content (AvgIpc) is 3.13. The lowest BCUT2D eigenvalue weighted by Crippen LogP contribution is -2.44. The number of hydrogen-bond acceptors (Lipinski definition) is 4. The zero-order chi connectivity index (χ0) is 21.6. The Morgan fingerprint density at radius 2 is 1.70 bits per heavy atom. The maximum Gasteiger partial charge on any atom is 0.401 e. The van der Waals surface area contributed by atoms with Crippen molar-refractivity contribution >= 4 is 5.96 Å². The van der Waals surface area contributed by atoms with Gasteiger partial charge in [-0.3, -0.25) is 14.8 Å². The summed E-state index contributed by atoms with van der Waals surface area (Å²) in [6.07, 6.45) is -1.98. The van der Waals surface area contributed by atoms with E-state index in [4.69, 9.17) is 0 Å². The quantitative estimate of drug-likeness (QED) is 0.479. The Bertz CT molecular complexity index is 687. The number of nitrogens with zero attached hydrogens (tertiary/aromatic N) is 3. The number of nitrogens with one attached hydrogen (secondary N) is 2. The number of hydrogen-bond donors (Lipinski definition) is 3. The molecule has 1 aromatic rings. The second-order valence-electron chi connectivity index (χ2n) is 8.23. The minimum atomic E-state index is -4.16. The lowest BCUT2D eigenvalue weighted by atomic mass is 10.1. The fraction of sp³-hybridized carbons (Fsp3) is 0.667. The van der Waals surface area contributed by atoms with E-state index in [0.717, 1.165) is 38.0 Å². The monoisotopic (exact) mass is 427 g/mol. The van der Waals surface area contributed by atoms with E-state index < -0.39 is 12.7 Å². The first-order valence-electron chi connectivity index (χ1n) is 10.6. The van der Waals surface area contributed by atoms with Crippen LogP contribution < -0.4 is 10.6 Å². The molecule has 2 saturated heterocycles. The van der Waals surface area contributed by atoms with E-state index >= 15 is 0 Å². The molecule has 1 atom stereocenters. The van der Waals surface area contributed by atoms with Crippen LogP contribution in [0.15, 0.2) is 29.3 Å². The van der Waals surface area contributed by atoms with Gasteiger partial charge in [-0.15, -0.1) is 0 Å². The Morgan fingerprint density at radius 3 is 2.33 bits per heavy atom. The number of aliphatic hydroxyl groups is 1. The van der Waals surface area contributed by atoms with Crippen LogP contribution >= 0.6 is 0 Å². The number of halogens is 3. The Morgan fingerprint density at radius 1 is 1.07 bits per heavy atom. The summed E-state index contributed by atoms with van der Waals surface area (Å²) in [5, 5.41) is 16.1. The molecule has 2 heterocycles. The average molecular weight is 428 g/mol. The van der Waals surface area contributed by atoms with Crippen LogP contribution in [0.2, 0.25) is 0 Å². The molecule has 0 saturated carbocycles. The number of likely N-dealkylation sites (tertiary alicyclic amines) is 2. The summed E-state index contributed by atoms with van der Waals surface area (Å²) < 4.78 is 37.6. The Balaban J connectivity index is 1.41. The normalized spacial score (nSPS) is 22.4. The van der Waals surface area contributed by atoms with Gasteiger partial charge in [0.25, 0.3) is 0 Å². The van der Waals surface area contributed by atoms with E-state index in [1.165, 1.54) is 10.5 Å². The molecule has 0 aromatic heterocycles. The van der Waals surface area contributed by atoms with E-state index in [1.807, 2.05) is 0 Å². The van der Waals surface area contributed by atoms with E-state index in [-0.39, 0.29) is 12.1 Å². The zero-order valence-corrected chi connectivity index (χ0v) is 17.5. The third-order valence-corrected chi connectivity index (χ3v) is 5.69. The van der Waals surface area contributed by atoms with Gasteiger partial charge in [0.15, 0.2) is 5.96 Å². The smallest absolute Gasteiger partial charge is 0.393 e. The molecule has 0 radical (unpaired) electrons. The van der Waals surface area contributed by atoms with Crippen molar-refractivity contribution in [2.24, 2.45) is 4.99 Å². The van der Waals surface area contributed by atoms with Gasteiger partial charge in [-0.2, -0.15) is 13.2 Å². The van der Waals surface area contributed by atoms with Crippen LogP contribution in [0.25, 0.3) is 0 Å². The molecule has 1 aromatic carbocycles. The molecule has 168 valence electrons. The summed E-state index contributed by atoms with van der Waals surface area (Å²) in [6.45, 7) is 3.27. The molecule has 2 aliphatic heterocycles. The SMILES string of the molecule is CN=C(NCc1ccc(CN2CCC(O)CC2)cc1)NC1CCN(CC(F)(F)F)C1. The number of aliphatic hydroxyl groups excluding tert-OH is 1. The van der Waals surface area contributed by atoms with Crippen LogP contribution in [-0.2, 0) is 13.1 Å². The van der Waals surface area contributed by atoms with Crippen molar-refractivity contribution in [2.75, 3.05) is 39.8 Å². The highest BCUT2D eigenvalue weighted by Crippen LogP contribution is 2.20. The molecule has 0 amide bonds. The molecule has 1 unspecified atom stereocenters. The van der Waals surface area contributed by atoms with Crippen LogP contribution in [-0.4, -0.2) is 79.0 Å². The summed E-state index contributed by atoms with van der Waals surface area (Å²) in [7, 11) is 1.66. The molecule has 2 aliphatic rings. The first kappa shape index (κ1) is 22.8. The lowest BCUT2D eigenvalue weighted by Gasteiger charge is -2.29. The van der Waals surface area contributed by atoms with E-state index in [9.17, 15) is 18.3 Å². The van der Waals surface area contributed by atoms with Gasteiger partial charge in [0.05, 0.1) is 12.6 Å². The molecule has 30 heavy (non-hydrogen) atoms. The molecular formula is C21H32F3N5O. The van der Waals surface area contributed by atoms with Gasteiger partial charge < -0.3 is 15.7 Å². The minimum absolute atomic E-state index is 0.0380. The topological polar surface area (TPSA) is 63.1 Å². The zero-order valence-electron chi connectivity index (χ0n) is 17.5. The molecule has 3 N–H and O–H groups in total. The second-order valence-corrected chi connectivity index (χ2v) is 8.23. The highest BCUT2D eigenvalue weighted by Gasteiger charge is 2.34. The molecule has 2 fully saturated rings. The molecule has 0 bridgehead atoms.